The van der Waals surface area contributed by atoms with E-state index in [2.05, 4.69) is 22.4 Å². The van der Waals surface area contributed by atoms with Crippen molar-refractivity contribution in [3.8, 4) is 0 Å². The van der Waals surface area contributed by atoms with Crippen molar-refractivity contribution in [1.82, 2.24) is 5.32 Å². The summed E-state index contributed by atoms with van der Waals surface area (Å²) in [5.74, 6) is -0.160. The van der Waals surface area contributed by atoms with Crippen molar-refractivity contribution >= 4 is 32.2 Å². The zero-order valence-electron chi connectivity index (χ0n) is 17.3. The number of allylic oxidation sites excluding steroid dienone is 2. The number of nitrogens with one attached hydrogen (secondary N) is 1. The lowest BCUT2D eigenvalue weighted by atomic mass is 10.1. The minimum absolute atomic E-state index is 0.103. The lowest BCUT2D eigenvalue weighted by molar-refractivity contribution is 0.0957. The number of benzene rings is 1. The minimum atomic E-state index is -2.98. The molecule has 0 aliphatic rings. The Morgan fingerprint density at radius 3 is 2.38 bits per heavy atom. The van der Waals surface area contributed by atoms with E-state index in [9.17, 15) is 13.6 Å². The fraction of sp³-hybridized carbons (Fsp3) is 0.364. The number of hydrogen-bond acceptors (Lipinski definition) is 3. The molecule has 2 rings (SSSR count). The van der Waals surface area contributed by atoms with E-state index < -0.39 is 5.66 Å². The van der Waals surface area contributed by atoms with Crippen molar-refractivity contribution in [1.29, 1.82) is 0 Å². The topological polar surface area (TPSA) is 41.5 Å². The average Bonchev–Trinajstić information content (AvgIpc) is 3.20. The monoisotopic (exact) mass is 438 g/mol. The van der Waals surface area contributed by atoms with Crippen molar-refractivity contribution in [2.24, 2.45) is 4.99 Å². The first kappa shape index (κ1) is 25.1. The number of alkyl halides is 2. The van der Waals surface area contributed by atoms with Gasteiger partial charge in [0.2, 0.25) is 0 Å². The highest BCUT2D eigenvalue weighted by Crippen LogP contribution is 2.31. The maximum atomic E-state index is 13.3. The van der Waals surface area contributed by atoms with Crippen molar-refractivity contribution < 1.29 is 13.6 Å². The van der Waals surface area contributed by atoms with Crippen molar-refractivity contribution in [2.75, 3.05) is 13.6 Å². The third-order valence-corrected chi connectivity index (χ3v) is 5.53. The summed E-state index contributed by atoms with van der Waals surface area (Å²) >= 11 is 1.24. The molecule has 3 nitrogen and oxygen atoms in total. The van der Waals surface area contributed by atoms with E-state index in [0.717, 1.165) is 12.8 Å². The molecule has 1 aromatic carbocycles. The summed E-state index contributed by atoms with van der Waals surface area (Å²) < 4.78 is 26.7. The predicted molar refractivity (Wildman–Crippen MR) is 124 cm³/mol. The molecule has 1 amide bonds. The molecule has 1 N–H and O–H groups in total. The Bertz CT molecular complexity index is 827. The number of halogens is 2. The van der Waals surface area contributed by atoms with Crippen LogP contribution < -0.4 is 5.32 Å². The van der Waals surface area contributed by atoms with Crippen LogP contribution in [0.15, 0.2) is 59.1 Å². The summed E-state index contributed by atoms with van der Waals surface area (Å²) in [5, 5.41) is 2.90. The zero-order valence-corrected chi connectivity index (χ0v) is 19.3. The predicted octanol–water partition coefficient (Wildman–Crippen LogP) is 5.97. The molecule has 158 valence electrons. The maximum absolute atomic E-state index is 13.3. The van der Waals surface area contributed by atoms with E-state index in [4.69, 9.17) is 0 Å². The number of aryl methyl sites for hydroxylation is 1. The summed E-state index contributed by atoms with van der Waals surface area (Å²) in [5.41, 5.74) is -1.41. The molecule has 1 atom stereocenters. The lowest BCUT2D eigenvalue weighted by Gasteiger charge is -2.10. The number of amides is 1. The lowest BCUT2D eigenvalue weighted by Crippen LogP contribution is -2.23. The van der Waals surface area contributed by atoms with Crippen molar-refractivity contribution in [3.63, 3.8) is 0 Å². The van der Waals surface area contributed by atoms with Crippen LogP contribution in [0.5, 0.6) is 0 Å². The van der Waals surface area contributed by atoms with Gasteiger partial charge in [0.25, 0.3) is 11.6 Å². The van der Waals surface area contributed by atoms with E-state index in [1.165, 1.54) is 39.1 Å². The number of thiophene rings is 1. The van der Waals surface area contributed by atoms with Crippen LogP contribution in [0.2, 0.25) is 0 Å². The van der Waals surface area contributed by atoms with Gasteiger partial charge in [-0.1, -0.05) is 53.4 Å². The molecule has 1 unspecified atom stereocenters. The van der Waals surface area contributed by atoms with Crippen molar-refractivity contribution in [3.05, 3.63) is 69.4 Å². The standard InChI is InChI=1S/C20H23F2N2OPS.C2H6/c1-14(20(21,22)26)13-16(23-2)17-10-11-18(27-17)19(25)24-12-6-9-15-7-4-3-5-8-15;1-2/h3-5,7-8,10-11,13H,6,9,12,26H2,1-2H3,(H,24,25);1-2H3/b14-13+,23-16?;. The van der Waals surface area contributed by atoms with E-state index in [0.29, 0.717) is 22.0 Å². The third kappa shape index (κ3) is 8.55. The van der Waals surface area contributed by atoms with E-state index in [1.807, 2.05) is 32.0 Å². The van der Waals surface area contributed by atoms with Gasteiger partial charge in [0.15, 0.2) is 0 Å². The van der Waals surface area contributed by atoms with Crippen LogP contribution in [0, 0.1) is 0 Å². The Morgan fingerprint density at radius 2 is 1.79 bits per heavy atom. The number of rotatable bonds is 8. The van der Waals surface area contributed by atoms with Gasteiger partial charge in [0, 0.05) is 19.2 Å². The van der Waals surface area contributed by atoms with Gasteiger partial charge in [-0.05, 0) is 43.5 Å². The molecule has 1 aromatic heterocycles. The number of nitrogens with zero attached hydrogens (tertiary/aromatic N) is 1. The fourth-order valence-corrected chi connectivity index (χ4v) is 3.38. The molecular weight excluding hydrogens is 409 g/mol. The highest BCUT2D eigenvalue weighted by molar-refractivity contribution is 7.18. The summed E-state index contributed by atoms with van der Waals surface area (Å²) in [6.07, 6.45) is 3.10. The number of carbonyl (C=O) groups is 1. The summed E-state index contributed by atoms with van der Waals surface area (Å²) in [4.78, 5) is 17.6. The van der Waals surface area contributed by atoms with Crippen LogP contribution in [0.1, 0.15) is 47.3 Å². The van der Waals surface area contributed by atoms with Crippen LogP contribution in [0.4, 0.5) is 8.78 Å². The quantitative estimate of drug-likeness (QED) is 0.308. The Hall–Kier alpha value is -1.91. The highest BCUT2D eigenvalue weighted by Gasteiger charge is 2.24. The average molecular weight is 439 g/mol. The van der Waals surface area contributed by atoms with Crippen LogP contribution in [0.3, 0.4) is 0 Å². The molecule has 7 heteroatoms. The first-order valence-electron chi connectivity index (χ1n) is 9.56. The van der Waals surface area contributed by atoms with Crippen LogP contribution in [-0.4, -0.2) is 30.9 Å². The first-order valence-corrected chi connectivity index (χ1v) is 10.9. The van der Waals surface area contributed by atoms with E-state index >= 15 is 0 Å². The normalized spacial score (nSPS) is 12.2. The summed E-state index contributed by atoms with van der Waals surface area (Å²) in [6.45, 7) is 5.93. The van der Waals surface area contributed by atoms with Crippen LogP contribution >= 0.6 is 20.6 Å². The molecule has 0 fully saturated rings. The molecule has 0 radical (unpaired) electrons. The third-order valence-electron chi connectivity index (χ3n) is 3.97. The molecule has 0 aliphatic carbocycles. The fourth-order valence-electron chi connectivity index (χ4n) is 2.37. The van der Waals surface area contributed by atoms with Gasteiger partial charge in [0.05, 0.1) is 15.5 Å². The number of hydrogen-bond donors (Lipinski definition) is 1. The van der Waals surface area contributed by atoms with Gasteiger partial charge in [0.1, 0.15) is 0 Å². The highest BCUT2D eigenvalue weighted by atomic mass is 32.1. The maximum Gasteiger partial charge on any atom is 0.280 e. The second-order valence-electron chi connectivity index (χ2n) is 6.07. The van der Waals surface area contributed by atoms with Crippen molar-refractivity contribution in [2.45, 2.75) is 39.3 Å². The summed E-state index contributed by atoms with van der Waals surface area (Å²) in [7, 11) is 3.06. The van der Waals surface area contributed by atoms with E-state index in [1.54, 1.807) is 19.2 Å². The van der Waals surface area contributed by atoms with Gasteiger partial charge in [-0.15, -0.1) is 11.3 Å². The number of carbonyl (C=O) groups excluding carboxylic acids is 1. The Kier molecular flexibility index (Phi) is 10.9. The van der Waals surface area contributed by atoms with Gasteiger partial charge in [-0.3, -0.25) is 9.79 Å². The second-order valence-corrected chi connectivity index (χ2v) is 7.88. The molecule has 0 spiro atoms. The minimum Gasteiger partial charge on any atom is -0.351 e. The van der Waals surface area contributed by atoms with Crippen LogP contribution in [0.25, 0.3) is 0 Å². The second kappa shape index (κ2) is 12.6. The first-order chi connectivity index (χ1) is 13.8. The Balaban J connectivity index is 0.00000204. The Labute approximate surface area is 178 Å². The molecule has 0 aliphatic heterocycles. The smallest absolute Gasteiger partial charge is 0.280 e. The molecule has 29 heavy (non-hydrogen) atoms. The Morgan fingerprint density at radius 1 is 1.17 bits per heavy atom. The van der Waals surface area contributed by atoms with Crippen LogP contribution in [-0.2, 0) is 6.42 Å². The zero-order chi connectivity index (χ0) is 21.9. The van der Waals surface area contributed by atoms with Gasteiger partial charge >= 0.3 is 0 Å². The molecule has 2 aromatic rings. The summed E-state index contributed by atoms with van der Waals surface area (Å²) in [6, 6.07) is 13.5. The molecule has 0 bridgehead atoms. The SMILES string of the molecule is CC.CN=C(/C=C(\C)C(F)(F)P)c1ccc(C(=O)NCCCc2ccccc2)s1. The largest absolute Gasteiger partial charge is 0.351 e. The molecular formula is C22H29F2N2OPS. The molecule has 0 saturated carbocycles. The van der Waals surface area contributed by atoms with E-state index in [-0.39, 0.29) is 11.5 Å². The van der Waals surface area contributed by atoms with Gasteiger partial charge in [-0.25, -0.2) is 0 Å². The van der Waals surface area contributed by atoms with Gasteiger partial charge < -0.3 is 5.32 Å². The molecule has 1 heterocycles. The van der Waals surface area contributed by atoms with Gasteiger partial charge in [-0.2, -0.15) is 8.78 Å². The molecule has 0 saturated heterocycles. The number of aliphatic imine (C=N–C) groups is 1.